The van der Waals surface area contributed by atoms with E-state index in [1.165, 1.54) is 0 Å². The molecule has 0 aliphatic rings. The van der Waals surface area contributed by atoms with Crippen molar-refractivity contribution in [1.82, 2.24) is 10.0 Å². The van der Waals surface area contributed by atoms with Crippen LogP contribution in [0.2, 0.25) is 0 Å². The maximum atomic E-state index is 11.5. The molecule has 108 valence electrons. The standard InChI is InChI=1S/C13H22N2O3S/c1-3-15-19(16,17)10-9-14-13(11-18-2)12-7-5-4-6-8-12/h4-8,13-15H,3,9-11H2,1-2H3. The molecule has 1 rings (SSSR count). The molecule has 1 aromatic carbocycles. The average Bonchev–Trinajstić information content (AvgIpc) is 2.38. The lowest BCUT2D eigenvalue weighted by Gasteiger charge is -2.18. The van der Waals surface area contributed by atoms with E-state index in [-0.39, 0.29) is 11.8 Å². The summed E-state index contributed by atoms with van der Waals surface area (Å²) >= 11 is 0. The minimum atomic E-state index is -3.18. The van der Waals surface area contributed by atoms with E-state index in [1.54, 1.807) is 14.0 Å². The van der Waals surface area contributed by atoms with Crippen LogP contribution in [0.4, 0.5) is 0 Å². The predicted octanol–water partition coefficient (Wildman–Crippen LogP) is 0.903. The van der Waals surface area contributed by atoms with Gasteiger partial charge in [0.25, 0.3) is 0 Å². The van der Waals surface area contributed by atoms with Crippen LogP contribution in [0, 0.1) is 0 Å². The first-order valence-corrected chi connectivity index (χ1v) is 7.99. The van der Waals surface area contributed by atoms with Crippen LogP contribution in [0.1, 0.15) is 18.5 Å². The molecule has 0 aliphatic carbocycles. The summed E-state index contributed by atoms with van der Waals surface area (Å²) in [6, 6.07) is 9.85. The third-order valence-corrected chi connectivity index (χ3v) is 4.13. The van der Waals surface area contributed by atoms with E-state index in [9.17, 15) is 8.42 Å². The maximum Gasteiger partial charge on any atom is 0.212 e. The molecule has 0 radical (unpaired) electrons. The lowest BCUT2D eigenvalue weighted by molar-refractivity contribution is 0.168. The van der Waals surface area contributed by atoms with Gasteiger partial charge in [0.1, 0.15) is 0 Å². The van der Waals surface area contributed by atoms with Crippen LogP contribution < -0.4 is 10.0 Å². The first kappa shape index (κ1) is 16.1. The minimum absolute atomic E-state index is 0.00280. The van der Waals surface area contributed by atoms with Gasteiger partial charge in [0.2, 0.25) is 10.0 Å². The van der Waals surface area contributed by atoms with Gasteiger partial charge in [-0.1, -0.05) is 37.3 Å². The Bertz CT molecular complexity index is 448. The zero-order valence-electron chi connectivity index (χ0n) is 11.4. The zero-order chi connectivity index (χ0) is 14.1. The Morgan fingerprint density at radius 2 is 1.95 bits per heavy atom. The van der Waals surface area contributed by atoms with Crippen LogP contribution in [-0.4, -0.2) is 41.0 Å². The Morgan fingerprint density at radius 3 is 2.53 bits per heavy atom. The molecular weight excluding hydrogens is 264 g/mol. The molecule has 1 aromatic rings. The molecule has 1 unspecified atom stereocenters. The number of ether oxygens (including phenoxy) is 1. The molecule has 5 nitrogen and oxygen atoms in total. The SMILES string of the molecule is CCNS(=O)(=O)CCNC(COC)c1ccccc1. The number of rotatable bonds is 9. The van der Waals surface area contributed by atoms with Gasteiger partial charge in [-0.2, -0.15) is 0 Å². The van der Waals surface area contributed by atoms with Crippen molar-refractivity contribution in [3.8, 4) is 0 Å². The van der Waals surface area contributed by atoms with E-state index in [1.807, 2.05) is 30.3 Å². The highest BCUT2D eigenvalue weighted by atomic mass is 32.2. The molecule has 6 heteroatoms. The fraction of sp³-hybridized carbons (Fsp3) is 0.538. The predicted molar refractivity (Wildman–Crippen MR) is 76.5 cm³/mol. The van der Waals surface area contributed by atoms with Crippen molar-refractivity contribution in [2.24, 2.45) is 0 Å². The van der Waals surface area contributed by atoms with E-state index < -0.39 is 10.0 Å². The topological polar surface area (TPSA) is 67.4 Å². The molecule has 2 N–H and O–H groups in total. The average molecular weight is 286 g/mol. The van der Waals surface area contributed by atoms with Crippen LogP contribution in [0.25, 0.3) is 0 Å². The van der Waals surface area contributed by atoms with Gasteiger partial charge in [-0.05, 0) is 5.56 Å². The largest absolute Gasteiger partial charge is 0.383 e. The molecule has 0 heterocycles. The van der Waals surface area contributed by atoms with Gasteiger partial charge in [-0.15, -0.1) is 0 Å². The van der Waals surface area contributed by atoms with E-state index in [0.717, 1.165) is 5.56 Å². The summed E-state index contributed by atoms with van der Waals surface area (Å²) < 4.78 is 30.7. The highest BCUT2D eigenvalue weighted by Crippen LogP contribution is 2.12. The van der Waals surface area contributed by atoms with Gasteiger partial charge in [0, 0.05) is 20.2 Å². The fourth-order valence-corrected chi connectivity index (χ4v) is 2.76. The highest BCUT2D eigenvalue weighted by molar-refractivity contribution is 7.89. The highest BCUT2D eigenvalue weighted by Gasteiger charge is 2.13. The quantitative estimate of drug-likeness (QED) is 0.708. The lowest BCUT2D eigenvalue weighted by Crippen LogP contribution is -2.34. The Kier molecular flexibility index (Phi) is 7.01. The van der Waals surface area contributed by atoms with Crippen molar-refractivity contribution in [1.29, 1.82) is 0 Å². The Morgan fingerprint density at radius 1 is 1.26 bits per heavy atom. The number of sulfonamides is 1. The van der Waals surface area contributed by atoms with Gasteiger partial charge >= 0.3 is 0 Å². The van der Waals surface area contributed by atoms with Gasteiger partial charge < -0.3 is 10.1 Å². The van der Waals surface area contributed by atoms with Crippen molar-refractivity contribution in [3.05, 3.63) is 35.9 Å². The summed E-state index contributed by atoms with van der Waals surface area (Å²) in [5, 5.41) is 3.21. The van der Waals surface area contributed by atoms with Crippen molar-refractivity contribution in [2.75, 3.05) is 32.6 Å². The number of hydrogen-bond acceptors (Lipinski definition) is 4. The van der Waals surface area contributed by atoms with E-state index in [4.69, 9.17) is 4.74 Å². The molecule has 0 saturated carbocycles. The number of benzene rings is 1. The Labute approximate surface area is 115 Å². The molecule has 0 bridgehead atoms. The van der Waals surface area contributed by atoms with Gasteiger partial charge in [-0.3, -0.25) is 0 Å². The van der Waals surface area contributed by atoms with Gasteiger partial charge in [0.15, 0.2) is 0 Å². The van der Waals surface area contributed by atoms with Crippen LogP contribution in [0.15, 0.2) is 30.3 Å². The second kappa shape index (κ2) is 8.27. The zero-order valence-corrected chi connectivity index (χ0v) is 12.2. The smallest absolute Gasteiger partial charge is 0.212 e. The van der Waals surface area contributed by atoms with Crippen LogP contribution in [0.5, 0.6) is 0 Å². The van der Waals surface area contributed by atoms with Crippen LogP contribution in [0.3, 0.4) is 0 Å². The first-order chi connectivity index (χ1) is 9.09. The second-order valence-electron chi connectivity index (χ2n) is 4.19. The monoisotopic (exact) mass is 286 g/mol. The molecular formula is C13H22N2O3S. The number of nitrogens with one attached hydrogen (secondary N) is 2. The third kappa shape index (κ3) is 6.15. The number of methoxy groups -OCH3 is 1. The molecule has 0 saturated heterocycles. The molecule has 0 aromatic heterocycles. The summed E-state index contributed by atoms with van der Waals surface area (Å²) in [6.07, 6.45) is 0. The summed E-state index contributed by atoms with van der Waals surface area (Å²) in [7, 11) is -1.55. The molecule has 0 amide bonds. The number of hydrogen-bond donors (Lipinski definition) is 2. The molecule has 19 heavy (non-hydrogen) atoms. The molecule has 0 spiro atoms. The Hall–Kier alpha value is -0.950. The third-order valence-electron chi connectivity index (χ3n) is 2.66. The second-order valence-corrected chi connectivity index (χ2v) is 6.12. The Balaban J connectivity index is 2.52. The van der Waals surface area contributed by atoms with Crippen molar-refractivity contribution < 1.29 is 13.2 Å². The molecule has 0 aliphatic heterocycles. The van der Waals surface area contributed by atoms with Crippen LogP contribution in [-0.2, 0) is 14.8 Å². The first-order valence-electron chi connectivity index (χ1n) is 6.33. The summed E-state index contributed by atoms with van der Waals surface area (Å²) in [4.78, 5) is 0. The molecule has 1 atom stereocenters. The lowest BCUT2D eigenvalue weighted by atomic mass is 10.1. The van der Waals surface area contributed by atoms with E-state index >= 15 is 0 Å². The normalized spacial score (nSPS) is 13.4. The van der Waals surface area contributed by atoms with Crippen molar-refractivity contribution in [3.63, 3.8) is 0 Å². The van der Waals surface area contributed by atoms with Gasteiger partial charge in [-0.25, -0.2) is 13.1 Å². The summed E-state index contributed by atoms with van der Waals surface area (Å²) in [5.41, 5.74) is 1.09. The van der Waals surface area contributed by atoms with Crippen molar-refractivity contribution >= 4 is 10.0 Å². The van der Waals surface area contributed by atoms with Crippen molar-refractivity contribution in [2.45, 2.75) is 13.0 Å². The summed E-state index contributed by atoms with van der Waals surface area (Å²) in [5.74, 6) is 0.0634. The maximum absolute atomic E-state index is 11.5. The van der Waals surface area contributed by atoms with E-state index in [2.05, 4.69) is 10.0 Å². The fourth-order valence-electron chi connectivity index (χ4n) is 1.78. The molecule has 0 fully saturated rings. The summed E-state index contributed by atoms with van der Waals surface area (Å²) in [6.45, 7) is 3.08. The van der Waals surface area contributed by atoms with Crippen LogP contribution >= 0.6 is 0 Å². The van der Waals surface area contributed by atoms with E-state index in [0.29, 0.717) is 19.7 Å². The van der Waals surface area contributed by atoms with Gasteiger partial charge in [0.05, 0.1) is 18.4 Å². The minimum Gasteiger partial charge on any atom is -0.383 e.